The largest absolute Gasteiger partial charge is 0.375 e. The molecule has 146 valence electrons. The van der Waals surface area contributed by atoms with Gasteiger partial charge in [-0.05, 0) is 40.0 Å². The molecule has 0 bridgehead atoms. The van der Waals surface area contributed by atoms with E-state index >= 15 is 0 Å². The highest BCUT2D eigenvalue weighted by Crippen LogP contribution is 2.43. The highest BCUT2D eigenvalue weighted by molar-refractivity contribution is 5.67. The summed E-state index contributed by atoms with van der Waals surface area (Å²) in [5.41, 5.74) is 1.67. The fourth-order valence-corrected chi connectivity index (χ4v) is 3.22. The van der Waals surface area contributed by atoms with Crippen molar-refractivity contribution in [2.45, 2.75) is 45.3 Å². The number of nitrogens with one attached hydrogen (secondary N) is 2. The first-order chi connectivity index (χ1) is 12.8. The van der Waals surface area contributed by atoms with E-state index in [1.165, 1.54) is 0 Å². The van der Waals surface area contributed by atoms with E-state index in [2.05, 4.69) is 48.2 Å². The number of hydrogen-bond acceptors (Lipinski definition) is 7. The Balaban J connectivity index is 2.00. The SMILES string of the molecule is CNCc1cccc(N2C[C@@](C)(COC(C)(C)C)c3cnc(NC)nc32)n1. The van der Waals surface area contributed by atoms with E-state index in [0.717, 1.165) is 36.0 Å². The van der Waals surface area contributed by atoms with Crippen LogP contribution in [-0.4, -0.2) is 47.8 Å². The Kier molecular flexibility index (Phi) is 5.35. The van der Waals surface area contributed by atoms with E-state index in [9.17, 15) is 0 Å². The first-order valence-corrected chi connectivity index (χ1v) is 9.33. The summed E-state index contributed by atoms with van der Waals surface area (Å²) in [7, 11) is 3.75. The van der Waals surface area contributed by atoms with Gasteiger partial charge >= 0.3 is 0 Å². The van der Waals surface area contributed by atoms with Gasteiger partial charge in [0.2, 0.25) is 5.95 Å². The second kappa shape index (κ2) is 7.40. The van der Waals surface area contributed by atoms with E-state index in [4.69, 9.17) is 14.7 Å². The van der Waals surface area contributed by atoms with Crippen molar-refractivity contribution < 1.29 is 4.74 Å². The summed E-state index contributed by atoms with van der Waals surface area (Å²) in [6.45, 7) is 10.5. The van der Waals surface area contributed by atoms with Gasteiger partial charge in [0.15, 0.2) is 0 Å². The summed E-state index contributed by atoms with van der Waals surface area (Å²) in [4.78, 5) is 16.2. The number of ether oxygens (including phenoxy) is 1. The molecule has 0 unspecified atom stereocenters. The normalized spacial score (nSPS) is 19.3. The van der Waals surface area contributed by atoms with E-state index in [1.54, 1.807) is 0 Å². The first kappa shape index (κ1) is 19.5. The van der Waals surface area contributed by atoms with Crippen LogP contribution in [0.2, 0.25) is 0 Å². The lowest BCUT2D eigenvalue weighted by molar-refractivity contribution is -0.0252. The molecule has 0 saturated heterocycles. The van der Waals surface area contributed by atoms with Crippen LogP contribution in [0.25, 0.3) is 0 Å². The zero-order valence-electron chi connectivity index (χ0n) is 17.1. The van der Waals surface area contributed by atoms with E-state index in [-0.39, 0.29) is 11.0 Å². The van der Waals surface area contributed by atoms with Gasteiger partial charge in [-0.15, -0.1) is 0 Å². The van der Waals surface area contributed by atoms with Gasteiger partial charge in [0.25, 0.3) is 0 Å². The van der Waals surface area contributed by atoms with Crippen LogP contribution in [-0.2, 0) is 16.7 Å². The molecule has 1 aliphatic heterocycles. The van der Waals surface area contributed by atoms with Gasteiger partial charge in [-0.1, -0.05) is 13.0 Å². The predicted octanol–water partition coefficient (Wildman–Crippen LogP) is 2.86. The van der Waals surface area contributed by atoms with Crippen molar-refractivity contribution in [2.24, 2.45) is 0 Å². The van der Waals surface area contributed by atoms with Gasteiger partial charge in [-0.3, -0.25) is 0 Å². The number of aromatic nitrogens is 3. The number of pyridine rings is 1. The second-order valence-corrected chi connectivity index (χ2v) is 8.25. The molecule has 0 spiro atoms. The van der Waals surface area contributed by atoms with Crippen LogP contribution in [0, 0.1) is 0 Å². The quantitative estimate of drug-likeness (QED) is 0.810. The van der Waals surface area contributed by atoms with Crippen LogP contribution in [0.3, 0.4) is 0 Å². The lowest BCUT2D eigenvalue weighted by Crippen LogP contribution is -2.37. The number of nitrogens with zero attached hydrogens (tertiary/aromatic N) is 4. The van der Waals surface area contributed by atoms with Crippen molar-refractivity contribution in [3.63, 3.8) is 0 Å². The van der Waals surface area contributed by atoms with Crippen molar-refractivity contribution in [3.05, 3.63) is 35.7 Å². The number of hydrogen-bond donors (Lipinski definition) is 2. The van der Waals surface area contributed by atoms with Crippen LogP contribution in [0.4, 0.5) is 17.6 Å². The molecule has 3 heterocycles. The minimum Gasteiger partial charge on any atom is -0.375 e. The molecule has 7 nitrogen and oxygen atoms in total. The average Bonchev–Trinajstić information content (AvgIpc) is 2.93. The maximum atomic E-state index is 6.15. The van der Waals surface area contributed by atoms with Gasteiger partial charge in [0, 0.05) is 37.3 Å². The Hall–Kier alpha value is -2.25. The monoisotopic (exact) mass is 370 g/mol. The number of fused-ring (bicyclic) bond motifs is 1. The van der Waals surface area contributed by atoms with Crippen molar-refractivity contribution in [1.29, 1.82) is 0 Å². The standard InChI is InChI=1S/C20H30N6O/c1-19(2,3)27-13-20(4)12-26(16-9-7-8-14(24-16)10-21-5)17-15(20)11-23-18(22-6)25-17/h7-9,11,21H,10,12-13H2,1-6H3,(H,22,23,25)/t20-/m0/s1. The van der Waals surface area contributed by atoms with E-state index < -0.39 is 0 Å². The van der Waals surface area contributed by atoms with Crippen LogP contribution in [0.15, 0.2) is 24.4 Å². The molecule has 1 aliphatic rings. The summed E-state index contributed by atoms with van der Waals surface area (Å²) in [6, 6.07) is 6.09. The first-order valence-electron chi connectivity index (χ1n) is 9.33. The van der Waals surface area contributed by atoms with Crippen molar-refractivity contribution in [1.82, 2.24) is 20.3 Å². The fraction of sp³-hybridized carbons (Fsp3) is 0.550. The minimum atomic E-state index is -0.213. The second-order valence-electron chi connectivity index (χ2n) is 8.25. The van der Waals surface area contributed by atoms with Crippen LogP contribution in [0.1, 0.15) is 39.0 Å². The van der Waals surface area contributed by atoms with Crippen molar-refractivity contribution >= 4 is 17.6 Å². The Morgan fingerprint density at radius 3 is 2.67 bits per heavy atom. The number of rotatable bonds is 6. The van der Waals surface area contributed by atoms with Crippen LogP contribution >= 0.6 is 0 Å². The van der Waals surface area contributed by atoms with Crippen molar-refractivity contribution in [3.8, 4) is 0 Å². The predicted molar refractivity (Wildman–Crippen MR) is 109 cm³/mol. The van der Waals surface area contributed by atoms with Crippen LogP contribution in [0.5, 0.6) is 0 Å². The molecule has 1 atom stereocenters. The van der Waals surface area contributed by atoms with Gasteiger partial charge in [-0.25, -0.2) is 9.97 Å². The van der Waals surface area contributed by atoms with Gasteiger partial charge in [0.05, 0.1) is 17.9 Å². The smallest absolute Gasteiger partial charge is 0.224 e. The van der Waals surface area contributed by atoms with E-state index in [0.29, 0.717) is 12.6 Å². The summed E-state index contributed by atoms with van der Waals surface area (Å²) in [5.74, 6) is 2.39. The molecule has 0 radical (unpaired) electrons. The Morgan fingerprint density at radius 1 is 1.22 bits per heavy atom. The molecule has 0 aromatic carbocycles. The molecule has 0 aliphatic carbocycles. The zero-order valence-corrected chi connectivity index (χ0v) is 17.1. The maximum Gasteiger partial charge on any atom is 0.224 e. The molecular formula is C20H30N6O. The highest BCUT2D eigenvalue weighted by atomic mass is 16.5. The summed E-state index contributed by atoms with van der Waals surface area (Å²) >= 11 is 0. The summed E-state index contributed by atoms with van der Waals surface area (Å²) in [5, 5.41) is 6.19. The van der Waals surface area contributed by atoms with Gasteiger partial charge in [0.1, 0.15) is 11.6 Å². The lowest BCUT2D eigenvalue weighted by Gasteiger charge is -2.30. The number of anilines is 3. The maximum absolute atomic E-state index is 6.15. The molecule has 2 aromatic rings. The molecule has 27 heavy (non-hydrogen) atoms. The lowest BCUT2D eigenvalue weighted by atomic mass is 9.87. The van der Waals surface area contributed by atoms with Crippen molar-refractivity contribution in [2.75, 3.05) is 37.5 Å². The van der Waals surface area contributed by atoms with Gasteiger partial charge < -0.3 is 20.3 Å². The third kappa shape index (κ3) is 4.20. The third-order valence-electron chi connectivity index (χ3n) is 4.66. The molecule has 7 heteroatoms. The molecule has 0 amide bonds. The summed E-state index contributed by atoms with van der Waals surface area (Å²) in [6.07, 6.45) is 1.91. The minimum absolute atomic E-state index is 0.201. The molecular weight excluding hydrogens is 340 g/mol. The molecule has 0 saturated carbocycles. The Bertz CT molecular complexity index is 803. The zero-order chi connectivity index (χ0) is 19.7. The molecule has 3 rings (SSSR count). The average molecular weight is 371 g/mol. The van der Waals surface area contributed by atoms with Gasteiger partial charge in [-0.2, -0.15) is 4.98 Å². The Labute approximate surface area is 161 Å². The molecule has 2 aromatic heterocycles. The molecule has 2 N–H and O–H groups in total. The Morgan fingerprint density at radius 2 is 2.00 bits per heavy atom. The van der Waals surface area contributed by atoms with Crippen LogP contribution < -0.4 is 15.5 Å². The molecule has 0 fully saturated rings. The summed E-state index contributed by atoms with van der Waals surface area (Å²) < 4.78 is 6.15. The third-order valence-corrected chi connectivity index (χ3v) is 4.66. The fourth-order valence-electron chi connectivity index (χ4n) is 3.22. The van der Waals surface area contributed by atoms with E-state index in [1.807, 2.05) is 38.5 Å². The highest BCUT2D eigenvalue weighted by Gasteiger charge is 2.42. The topological polar surface area (TPSA) is 75.2 Å².